The summed E-state index contributed by atoms with van der Waals surface area (Å²) < 4.78 is 92.9. The van der Waals surface area contributed by atoms with E-state index in [4.69, 9.17) is 23.1 Å². The SMILES string of the molecule is COc1ccc(CN(Cc2ccc(OC)cc2OC)S(=O)(=O)Oc2ccc(C(F)(F)F)cc2)c(OC)c1. The van der Waals surface area contributed by atoms with Crippen LogP contribution in [0.2, 0.25) is 0 Å². The lowest BCUT2D eigenvalue weighted by Gasteiger charge is -2.24. The van der Waals surface area contributed by atoms with Crippen molar-refractivity contribution in [1.82, 2.24) is 4.31 Å². The third kappa shape index (κ3) is 6.98. The lowest BCUT2D eigenvalue weighted by Crippen LogP contribution is -2.34. The Hall–Kier alpha value is -3.64. The third-order valence-electron chi connectivity index (χ3n) is 5.38. The lowest BCUT2D eigenvalue weighted by atomic mass is 10.1. The van der Waals surface area contributed by atoms with Gasteiger partial charge in [-0.15, -0.1) is 0 Å². The van der Waals surface area contributed by atoms with Crippen LogP contribution in [0.5, 0.6) is 28.7 Å². The van der Waals surface area contributed by atoms with Crippen molar-refractivity contribution in [2.45, 2.75) is 19.3 Å². The van der Waals surface area contributed by atoms with Gasteiger partial charge in [-0.25, -0.2) is 0 Å². The fourth-order valence-corrected chi connectivity index (χ4v) is 4.49. The van der Waals surface area contributed by atoms with Gasteiger partial charge in [0.15, 0.2) is 0 Å². The Labute approximate surface area is 213 Å². The first-order chi connectivity index (χ1) is 17.5. The Balaban J connectivity index is 1.99. The van der Waals surface area contributed by atoms with Gasteiger partial charge in [0.1, 0.15) is 28.7 Å². The molecule has 3 aromatic carbocycles. The highest BCUT2D eigenvalue weighted by Crippen LogP contribution is 2.33. The maximum atomic E-state index is 13.4. The molecule has 0 fully saturated rings. The van der Waals surface area contributed by atoms with Crippen molar-refractivity contribution in [2.75, 3.05) is 28.4 Å². The standard InChI is InChI=1S/C25H26F3NO7S/c1-32-21-9-5-17(23(13-21)34-3)15-29(16-18-6-10-22(33-2)14-24(18)35-4)37(30,31)36-20-11-7-19(8-12-20)25(26,27)28/h5-14H,15-16H2,1-4H3. The van der Waals surface area contributed by atoms with Gasteiger partial charge in [0.25, 0.3) is 0 Å². The van der Waals surface area contributed by atoms with Crippen LogP contribution < -0.4 is 23.1 Å². The molecule has 0 atom stereocenters. The summed E-state index contributed by atoms with van der Waals surface area (Å²) in [6.45, 7) is -0.378. The summed E-state index contributed by atoms with van der Waals surface area (Å²) in [4.78, 5) is 0. The molecular formula is C25H26F3NO7S. The molecule has 0 bridgehead atoms. The van der Waals surface area contributed by atoms with Crippen LogP contribution in [0.4, 0.5) is 13.2 Å². The van der Waals surface area contributed by atoms with Gasteiger partial charge in [0, 0.05) is 36.3 Å². The Bertz CT molecular complexity index is 1260. The first-order valence-corrected chi connectivity index (χ1v) is 12.2. The molecular weight excluding hydrogens is 515 g/mol. The summed E-state index contributed by atoms with van der Waals surface area (Å²) in [5.74, 6) is 1.48. The molecule has 3 rings (SSSR count). The minimum absolute atomic E-state index is 0.189. The number of hydrogen-bond donors (Lipinski definition) is 0. The van der Waals surface area contributed by atoms with E-state index in [1.807, 2.05) is 0 Å². The summed E-state index contributed by atoms with van der Waals surface area (Å²) in [6, 6.07) is 13.2. The topological polar surface area (TPSA) is 83.5 Å². The van der Waals surface area contributed by atoms with E-state index in [1.165, 1.54) is 28.4 Å². The molecule has 3 aromatic rings. The van der Waals surface area contributed by atoms with E-state index < -0.39 is 22.0 Å². The molecule has 0 aromatic heterocycles. The fourth-order valence-electron chi connectivity index (χ4n) is 3.43. The number of halogens is 3. The van der Waals surface area contributed by atoms with Crippen LogP contribution in [-0.2, 0) is 29.6 Å². The number of nitrogens with zero attached hydrogens (tertiary/aromatic N) is 1. The van der Waals surface area contributed by atoms with Gasteiger partial charge in [-0.1, -0.05) is 12.1 Å². The monoisotopic (exact) mass is 541 g/mol. The number of ether oxygens (including phenoxy) is 4. The smallest absolute Gasteiger partial charge is 0.416 e. The molecule has 0 saturated carbocycles. The number of rotatable bonds is 11. The second kappa shape index (κ2) is 11.6. The quantitative estimate of drug-likeness (QED) is 0.335. The average Bonchev–Trinajstić information content (AvgIpc) is 2.88. The van der Waals surface area contributed by atoms with Crippen molar-refractivity contribution >= 4 is 10.3 Å². The van der Waals surface area contributed by atoms with Crippen LogP contribution in [0.25, 0.3) is 0 Å². The minimum atomic E-state index is -4.57. The Kier molecular flexibility index (Phi) is 8.77. The molecule has 0 aliphatic rings. The van der Waals surface area contributed by atoms with E-state index in [0.717, 1.165) is 28.6 Å². The predicted molar refractivity (Wildman–Crippen MR) is 129 cm³/mol. The van der Waals surface area contributed by atoms with Gasteiger partial charge in [-0.2, -0.15) is 25.9 Å². The molecule has 0 radical (unpaired) electrons. The van der Waals surface area contributed by atoms with Gasteiger partial charge in [-0.05, 0) is 36.4 Å². The molecule has 0 aliphatic carbocycles. The number of methoxy groups -OCH3 is 4. The van der Waals surface area contributed by atoms with Crippen LogP contribution in [0.1, 0.15) is 16.7 Å². The van der Waals surface area contributed by atoms with E-state index in [-0.39, 0.29) is 18.8 Å². The van der Waals surface area contributed by atoms with Crippen LogP contribution in [-0.4, -0.2) is 41.2 Å². The maximum absolute atomic E-state index is 13.4. The van der Waals surface area contributed by atoms with Gasteiger partial charge in [-0.3, -0.25) is 0 Å². The minimum Gasteiger partial charge on any atom is -0.497 e. The third-order valence-corrected chi connectivity index (χ3v) is 6.68. The highest BCUT2D eigenvalue weighted by Gasteiger charge is 2.31. The average molecular weight is 542 g/mol. The number of hydrogen-bond acceptors (Lipinski definition) is 7. The zero-order valence-corrected chi connectivity index (χ0v) is 21.4. The molecule has 37 heavy (non-hydrogen) atoms. The molecule has 0 unspecified atom stereocenters. The number of alkyl halides is 3. The van der Waals surface area contributed by atoms with Gasteiger partial charge < -0.3 is 23.1 Å². The van der Waals surface area contributed by atoms with E-state index in [1.54, 1.807) is 36.4 Å². The molecule has 0 aliphatic heterocycles. The molecule has 0 N–H and O–H groups in total. The van der Waals surface area contributed by atoms with E-state index in [2.05, 4.69) is 0 Å². The summed E-state index contributed by atoms with van der Waals surface area (Å²) in [7, 11) is 1.31. The number of benzene rings is 3. The van der Waals surface area contributed by atoms with Crippen molar-refractivity contribution in [3.8, 4) is 28.7 Å². The summed E-state index contributed by atoms with van der Waals surface area (Å²) in [5.41, 5.74) is 0.0609. The summed E-state index contributed by atoms with van der Waals surface area (Å²) in [6.07, 6.45) is -4.57. The van der Waals surface area contributed by atoms with Gasteiger partial charge in [0.05, 0.1) is 34.0 Å². The largest absolute Gasteiger partial charge is 0.497 e. The van der Waals surface area contributed by atoms with Crippen molar-refractivity contribution in [3.63, 3.8) is 0 Å². The van der Waals surface area contributed by atoms with Crippen LogP contribution in [0, 0.1) is 0 Å². The van der Waals surface area contributed by atoms with E-state index >= 15 is 0 Å². The van der Waals surface area contributed by atoms with E-state index in [9.17, 15) is 21.6 Å². The molecule has 200 valence electrons. The summed E-state index contributed by atoms with van der Waals surface area (Å²) >= 11 is 0. The molecule has 12 heteroatoms. The Morgan fingerprint density at radius 2 is 1.11 bits per heavy atom. The molecule has 0 heterocycles. The van der Waals surface area contributed by atoms with Crippen molar-refractivity contribution < 1.29 is 44.7 Å². The lowest BCUT2D eigenvalue weighted by molar-refractivity contribution is -0.137. The second-order valence-corrected chi connectivity index (χ2v) is 9.23. The Morgan fingerprint density at radius 1 is 0.676 bits per heavy atom. The molecule has 8 nitrogen and oxygen atoms in total. The Morgan fingerprint density at radius 3 is 1.49 bits per heavy atom. The van der Waals surface area contributed by atoms with Gasteiger partial charge in [0.2, 0.25) is 0 Å². The van der Waals surface area contributed by atoms with Crippen LogP contribution in [0.3, 0.4) is 0 Å². The van der Waals surface area contributed by atoms with Crippen molar-refractivity contribution in [3.05, 3.63) is 77.4 Å². The zero-order chi connectivity index (χ0) is 27.2. The highest BCUT2D eigenvalue weighted by molar-refractivity contribution is 7.84. The molecule has 0 saturated heterocycles. The van der Waals surface area contributed by atoms with Crippen molar-refractivity contribution in [2.24, 2.45) is 0 Å². The summed E-state index contributed by atoms with van der Waals surface area (Å²) in [5, 5.41) is 0. The first kappa shape index (κ1) is 27.9. The van der Waals surface area contributed by atoms with E-state index in [0.29, 0.717) is 34.1 Å². The van der Waals surface area contributed by atoms with Gasteiger partial charge >= 0.3 is 16.5 Å². The zero-order valence-electron chi connectivity index (χ0n) is 20.5. The van der Waals surface area contributed by atoms with Crippen LogP contribution in [0.15, 0.2) is 60.7 Å². The van der Waals surface area contributed by atoms with Crippen molar-refractivity contribution in [1.29, 1.82) is 0 Å². The molecule has 0 amide bonds. The first-order valence-electron chi connectivity index (χ1n) is 10.8. The molecule has 0 spiro atoms. The predicted octanol–water partition coefficient (Wildman–Crippen LogP) is 5.07. The van der Waals surface area contributed by atoms with Crippen LogP contribution >= 0.6 is 0 Å². The fraction of sp³-hybridized carbons (Fsp3) is 0.280. The highest BCUT2D eigenvalue weighted by atomic mass is 32.2. The maximum Gasteiger partial charge on any atom is 0.416 e. The second-order valence-electron chi connectivity index (χ2n) is 7.69. The normalized spacial score (nSPS) is 11.8.